The van der Waals surface area contributed by atoms with Crippen molar-refractivity contribution in [3.63, 3.8) is 0 Å². The topological polar surface area (TPSA) is 48.1 Å². The van der Waals surface area contributed by atoms with Gasteiger partial charge in [-0.25, -0.2) is 4.79 Å². The molecule has 2 atom stereocenters. The highest BCUT2D eigenvalue weighted by molar-refractivity contribution is 5.80. The molecule has 2 aromatic carbocycles. The lowest BCUT2D eigenvalue weighted by Gasteiger charge is -2.11. The fourth-order valence-corrected chi connectivity index (χ4v) is 3.54. The number of hydrogen-bond donors (Lipinski definition) is 0. The number of ether oxygens (including phenoxy) is 3. The molecule has 0 radical (unpaired) electrons. The van der Waals surface area contributed by atoms with Crippen LogP contribution in [0.2, 0.25) is 0 Å². The molecule has 4 nitrogen and oxygen atoms in total. The molecule has 2 unspecified atom stereocenters. The zero-order valence-corrected chi connectivity index (χ0v) is 14.3. The van der Waals surface area contributed by atoms with Gasteiger partial charge in [0.1, 0.15) is 18.0 Å². The zero-order chi connectivity index (χ0) is 17.2. The van der Waals surface area contributed by atoms with Crippen LogP contribution in [0.1, 0.15) is 37.4 Å². The van der Waals surface area contributed by atoms with Crippen molar-refractivity contribution in [2.45, 2.75) is 44.0 Å². The summed E-state index contributed by atoms with van der Waals surface area (Å²) in [5.74, 6) is 0.556. The summed E-state index contributed by atoms with van der Waals surface area (Å²) in [4.78, 5) is 12.3. The highest BCUT2D eigenvalue weighted by atomic mass is 16.6. The lowest BCUT2D eigenvalue weighted by Crippen LogP contribution is -2.19. The second-order valence-corrected chi connectivity index (χ2v) is 6.64. The van der Waals surface area contributed by atoms with Crippen LogP contribution in [0.15, 0.2) is 48.5 Å². The smallest absolute Gasteiger partial charge is 0.338 e. The van der Waals surface area contributed by atoms with Crippen molar-refractivity contribution in [2.75, 3.05) is 7.11 Å². The van der Waals surface area contributed by atoms with Crippen molar-refractivity contribution >= 4 is 5.97 Å². The van der Waals surface area contributed by atoms with Gasteiger partial charge >= 0.3 is 5.97 Å². The van der Waals surface area contributed by atoms with Crippen LogP contribution in [-0.4, -0.2) is 25.3 Å². The largest absolute Gasteiger partial charge is 0.497 e. The number of rotatable bonds is 5. The maximum absolute atomic E-state index is 12.3. The molecule has 25 heavy (non-hydrogen) atoms. The molecule has 130 valence electrons. The molecular formula is C21H22O4. The lowest BCUT2D eigenvalue weighted by molar-refractivity contribution is -0.150. The van der Waals surface area contributed by atoms with E-state index in [9.17, 15) is 4.79 Å². The SMILES string of the molecule is COc1ccc(C2OC2C(=O)OC2CCCC2)c(-c2ccccc2)c1. The van der Waals surface area contributed by atoms with E-state index in [1.54, 1.807) is 7.11 Å². The Hall–Kier alpha value is -2.33. The van der Waals surface area contributed by atoms with Crippen LogP contribution in [0.3, 0.4) is 0 Å². The summed E-state index contributed by atoms with van der Waals surface area (Å²) >= 11 is 0. The van der Waals surface area contributed by atoms with E-state index in [0.29, 0.717) is 0 Å². The summed E-state index contributed by atoms with van der Waals surface area (Å²) in [5.41, 5.74) is 3.11. The van der Waals surface area contributed by atoms with E-state index in [1.807, 2.05) is 48.5 Å². The van der Waals surface area contributed by atoms with E-state index in [1.165, 1.54) is 0 Å². The maximum atomic E-state index is 12.3. The van der Waals surface area contributed by atoms with Crippen molar-refractivity contribution in [3.8, 4) is 16.9 Å². The van der Waals surface area contributed by atoms with Crippen LogP contribution in [0.4, 0.5) is 0 Å². The summed E-state index contributed by atoms with van der Waals surface area (Å²) in [6.07, 6.45) is 3.57. The Balaban J connectivity index is 1.55. The Morgan fingerprint density at radius 2 is 1.84 bits per heavy atom. The Labute approximate surface area is 147 Å². The molecule has 4 heteroatoms. The summed E-state index contributed by atoms with van der Waals surface area (Å²) in [6, 6.07) is 16.0. The summed E-state index contributed by atoms with van der Waals surface area (Å²) in [5, 5.41) is 0. The van der Waals surface area contributed by atoms with Gasteiger partial charge in [-0.3, -0.25) is 0 Å². The Morgan fingerprint density at radius 1 is 1.08 bits per heavy atom. The van der Waals surface area contributed by atoms with Gasteiger partial charge < -0.3 is 14.2 Å². The third-order valence-corrected chi connectivity index (χ3v) is 4.96. The molecule has 0 spiro atoms. The molecule has 0 aromatic heterocycles. The van der Waals surface area contributed by atoms with Crippen LogP contribution in [0.25, 0.3) is 11.1 Å². The minimum atomic E-state index is -0.489. The van der Waals surface area contributed by atoms with Gasteiger partial charge in [0.05, 0.1) is 7.11 Å². The quantitative estimate of drug-likeness (QED) is 0.603. The average Bonchev–Trinajstić information content (AvgIpc) is 3.30. The van der Waals surface area contributed by atoms with E-state index >= 15 is 0 Å². The average molecular weight is 338 g/mol. The first kappa shape index (κ1) is 16.2. The molecule has 2 aliphatic rings. The summed E-state index contributed by atoms with van der Waals surface area (Å²) in [7, 11) is 1.65. The van der Waals surface area contributed by atoms with Crippen LogP contribution < -0.4 is 4.74 Å². The normalized spacial score (nSPS) is 22.6. The van der Waals surface area contributed by atoms with E-state index < -0.39 is 6.10 Å². The van der Waals surface area contributed by atoms with Crippen molar-refractivity contribution in [2.24, 2.45) is 0 Å². The number of carbonyl (C=O) groups is 1. The van der Waals surface area contributed by atoms with Gasteiger partial charge in [-0.05, 0) is 54.5 Å². The standard InChI is InChI=1S/C21H22O4/c1-23-16-11-12-17(18(13-16)14-7-3-2-4-8-14)19-20(25-19)21(22)24-15-9-5-6-10-15/h2-4,7-8,11-13,15,19-20H,5-6,9-10H2,1H3. The number of methoxy groups -OCH3 is 1. The van der Waals surface area contributed by atoms with E-state index in [-0.39, 0.29) is 18.2 Å². The summed E-state index contributed by atoms with van der Waals surface area (Å²) in [6.45, 7) is 0. The maximum Gasteiger partial charge on any atom is 0.338 e. The Kier molecular flexibility index (Phi) is 4.45. The molecule has 1 aliphatic heterocycles. The number of epoxide rings is 1. The Bertz CT molecular complexity index is 750. The summed E-state index contributed by atoms with van der Waals surface area (Å²) < 4.78 is 16.6. The third-order valence-electron chi connectivity index (χ3n) is 4.96. The van der Waals surface area contributed by atoms with E-state index in [4.69, 9.17) is 14.2 Å². The highest BCUT2D eigenvalue weighted by Crippen LogP contribution is 2.45. The van der Waals surface area contributed by atoms with Gasteiger partial charge in [0.2, 0.25) is 0 Å². The van der Waals surface area contributed by atoms with Gasteiger partial charge in [0.25, 0.3) is 0 Å². The molecule has 1 heterocycles. The van der Waals surface area contributed by atoms with Crippen LogP contribution in [0, 0.1) is 0 Å². The molecule has 4 rings (SSSR count). The minimum absolute atomic E-state index is 0.0711. The molecule has 0 amide bonds. The first-order valence-electron chi connectivity index (χ1n) is 8.85. The molecular weight excluding hydrogens is 316 g/mol. The predicted molar refractivity (Wildman–Crippen MR) is 94.4 cm³/mol. The van der Waals surface area contributed by atoms with Crippen LogP contribution >= 0.6 is 0 Å². The number of hydrogen-bond acceptors (Lipinski definition) is 4. The van der Waals surface area contributed by atoms with E-state index in [0.717, 1.165) is 48.1 Å². The first-order chi connectivity index (χ1) is 12.3. The van der Waals surface area contributed by atoms with Gasteiger partial charge in [0, 0.05) is 0 Å². The fraction of sp³-hybridized carbons (Fsp3) is 0.381. The molecule has 1 aliphatic carbocycles. The molecule has 2 fully saturated rings. The molecule has 0 N–H and O–H groups in total. The van der Waals surface area contributed by atoms with Gasteiger partial charge in [-0.1, -0.05) is 36.4 Å². The van der Waals surface area contributed by atoms with Gasteiger partial charge in [0.15, 0.2) is 6.10 Å². The van der Waals surface area contributed by atoms with Crippen molar-refractivity contribution in [3.05, 3.63) is 54.1 Å². The Morgan fingerprint density at radius 3 is 2.56 bits per heavy atom. The monoisotopic (exact) mass is 338 g/mol. The van der Waals surface area contributed by atoms with E-state index in [2.05, 4.69) is 0 Å². The third kappa shape index (κ3) is 3.40. The molecule has 0 bridgehead atoms. The van der Waals surface area contributed by atoms with Gasteiger partial charge in [-0.2, -0.15) is 0 Å². The first-order valence-corrected chi connectivity index (χ1v) is 8.85. The molecule has 2 aromatic rings. The number of benzene rings is 2. The van der Waals surface area contributed by atoms with Crippen LogP contribution in [0.5, 0.6) is 5.75 Å². The fourth-order valence-electron chi connectivity index (χ4n) is 3.54. The second kappa shape index (κ2) is 6.89. The molecule has 1 saturated heterocycles. The van der Waals surface area contributed by atoms with Crippen molar-refractivity contribution in [1.29, 1.82) is 0 Å². The van der Waals surface area contributed by atoms with Crippen molar-refractivity contribution < 1.29 is 19.0 Å². The van der Waals surface area contributed by atoms with Crippen molar-refractivity contribution in [1.82, 2.24) is 0 Å². The lowest BCUT2D eigenvalue weighted by atomic mass is 9.96. The molecule has 1 saturated carbocycles. The second-order valence-electron chi connectivity index (χ2n) is 6.64. The minimum Gasteiger partial charge on any atom is -0.497 e. The highest BCUT2D eigenvalue weighted by Gasteiger charge is 2.49. The van der Waals surface area contributed by atoms with Gasteiger partial charge in [-0.15, -0.1) is 0 Å². The number of carbonyl (C=O) groups excluding carboxylic acids is 1. The van der Waals surface area contributed by atoms with Crippen LogP contribution in [-0.2, 0) is 14.3 Å². The zero-order valence-electron chi connectivity index (χ0n) is 14.3. The number of esters is 1. The predicted octanol–water partition coefficient (Wildman–Crippen LogP) is 4.29.